The van der Waals surface area contributed by atoms with Crippen LogP contribution in [0.2, 0.25) is 0 Å². The number of nitrogens with one attached hydrogen (secondary N) is 2. The van der Waals surface area contributed by atoms with E-state index in [1.165, 1.54) is 6.92 Å². The van der Waals surface area contributed by atoms with E-state index in [1.54, 1.807) is 42.3 Å². The molecule has 0 fully saturated rings. The topological polar surface area (TPSA) is 88.9 Å². The number of rotatable bonds is 4. The summed E-state index contributed by atoms with van der Waals surface area (Å²) in [6, 6.07) is 6.38. The molecule has 0 saturated carbocycles. The maximum absolute atomic E-state index is 11.7. The van der Waals surface area contributed by atoms with Gasteiger partial charge in [0.1, 0.15) is 6.33 Å². The van der Waals surface area contributed by atoms with Crippen LogP contribution in [-0.4, -0.2) is 26.6 Å². The largest absolute Gasteiger partial charge is 0.330 e. The molecule has 2 N–H and O–H groups in total. The molecule has 0 saturated heterocycles. The van der Waals surface area contributed by atoms with Crippen LogP contribution in [-0.2, 0) is 13.6 Å². The number of ketones is 1. The molecule has 0 aliphatic rings. The van der Waals surface area contributed by atoms with Crippen molar-refractivity contribution in [3.8, 4) is 0 Å². The van der Waals surface area contributed by atoms with E-state index >= 15 is 0 Å². The lowest BCUT2D eigenvalue weighted by Crippen LogP contribution is -2.28. The zero-order valence-corrected chi connectivity index (χ0v) is 11.3. The van der Waals surface area contributed by atoms with Gasteiger partial charge in [-0.15, -0.1) is 0 Å². The first kappa shape index (κ1) is 13.7. The van der Waals surface area contributed by atoms with Crippen LogP contribution >= 0.6 is 0 Å². The number of carbonyl (C=O) groups is 2. The summed E-state index contributed by atoms with van der Waals surface area (Å²) in [5.41, 5.74) is 1.11. The highest BCUT2D eigenvalue weighted by molar-refractivity contribution is 5.96. The molecule has 20 heavy (non-hydrogen) atoms. The average Bonchev–Trinajstić information content (AvgIpc) is 2.82. The molecule has 0 aliphatic heterocycles. The van der Waals surface area contributed by atoms with E-state index in [9.17, 15) is 9.59 Å². The van der Waals surface area contributed by atoms with Gasteiger partial charge >= 0.3 is 6.03 Å². The number of hydrogen-bond donors (Lipinski definition) is 2. The molecule has 0 radical (unpaired) electrons. The van der Waals surface area contributed by atoms with E-state index in [4.69, 9.17) is 0 Å². The first-order valence-corrected chi connectivity index (χ1v) is 6.05. The van der Waals surface area contributed by atoms with Crippen molar-refractivity contribution in [3.63, 3.8) is 0 Å². The molecule has 1 heterocycles. The fourth-order valence-electron chi connectivity index (χ4n) is 1.62. The third kappa shape index (κ3) is 3.64. The summed E-state index contributed by atoms with van der Waals surface area (Å²) < 4.78 is 1.56. The molecule has 2 amide bonds. The zero-order chi connectivity index (χ0) is 14.5. The Labute approximate surface area is 116 Å². The minimum absolute atomic E-state index is 0.0493. The van der Waals surface area contributed by atoms with Crippen LogP contribution in [0.1, 0.15) is 23.1 Å². The van der Waals surface area contributed by atoms with E-state index in [0.717, 1.165) is 0 Å². The average molecular weight is 273 g/mol. The van der Waals surface area contributed by atoms with Crippen molar-refractivity contribution >= 4 is 17.5 Å². The number of benzene rings is 1. The van der Waals surface area contributed by atoms with Crippen LogP contribution in [0.15, 0.2) is 30.6 Å². The summed E-state index contributed by atoms with van der Waals surface area (Å²) in [6.45, 7) is 1.71. The van der Waals surface area contributed by atoms with Gasteiger partial charge in [0, 0.05) is 18.3 Å². The van der Waals surface area contributed by atoms with Crippen molar-refractivity contribution in [2.45, 2.75) is 13.5 Å². The van der Waals surface area contributed by atoms with Gasteiger partial charge in [0.25, 0.3) is 0 Å². The van der Waals surface area contributed by atoms with Gasteiger partial charge in [-0.05, 0) is 19.1 Å². The van der Waals surface area contributed by atoms with E-state index < -0.39 is 0 Å². The number of aromatic nitrogens is 3. The lowest BCUT2D eigenvalue weighted by atomic mass is 10.1. The van der Waals surface area contributed by atoms with Crippen molar-refractivity contribution in [2.75, 3.05) is 5.32 Å². The lowest BCUT2D eigenvalue weighted by Gasteiger charge is -2.07. The van der Waals surface area contributed by atoms with Gasteiger partial charge in [-0.3, -0.25) is 9.48 Å². The molecule has 7 nitrogen and oxygen atoms in total. The monoisotopic (exact) mass is 273 g/mol. The van der Waals surface area contributed by atoms with Crippen LogP contribution in [0.5, 0.6) is 0 Å². The Morgan fingerprint density at radius 3 is 2.80 bits per heavy atom. The lowest BCUT2D eigenvalue weighted by molar-refractivity contribution is 0.101. The van der Waals surface area contributed by atoms with Gasteiger partial charge in [0.15, 0.2) is 11.6 Å². The van der Waals surface area contributed by atoms with Crippen LogP contribution in [0.25, 0.3) is 0 Å². The quantitative estimate of drug-likeness (QED) is 0.823. The van der Waals surface area contributed by atoms with Crippen LogP contribution < -0.4 is 10.6 Å². The molecule has 2 aromatic rings. The molecule has 2 rings (SSSR count). The molecule has 0 unspecified atom stereocenters. The number of nitrogens with zero attached hydrogens (tertiary/aromatic N) is 3. The van der Waals surface area contributed by atoms with Gasteiger partial charge in [-0.25, -0.2) is 9.78 Å². The third-order valence-electron chi connectivity index (χ3n) is 2.58. The Kier molecular flexibility index (Phi) is 4.09. The standard InChI is InChI=1S/C13H15N5O2/c1-9(19)10-4-3-5-11(6-10)16-13(20)14-7-12-15-8-18(2)17-12/h3-6,8H,7H2,1-2H3,(H2,14,16,20). The summed E-state index contributed by atoms with van der Waals surface area (Å²) in [6.07, 6.45) is 1.56. The molecule has 7 heteroatoms. The van der Waals surface area contributed by atoms with E-state index in [1.807, 2.05) is 0 Å². The van der Waals surface area contributed by atoms with Crippen LogP contribution in [0.3, 0.4) is 0 Å². The number of carbonyl (C=O) groups excluding carboxylic acids is 2. The summed E-state index contributed by atoms with van der Waals surface area (Å²) in [7, 11) is 1.75. The second kappa shape index (κ2) is 5.96. The molecule has 1 aromatic carbocycles. The van der Waals surface area contributed by atoms with Crippen molar-refractivity contribution < 1.29 is 9.59 Å². The molecule has 104 valence electrons. The minimum atomic E-state index is -0.377. The molecule has 0 spiro atoms. The van der Waals surface area contributed by atoms with Crippen molar-refractivity contribution in [2.24, 2.45) is 7.05 Å². The Morgan fingerprint density at radius 1 is 1.35 bits per heavy atom. The number of anilines is 1. The Morgan fingerprint density at radius 2 is 2.15 bits per heavy atom. The maximum atomic E-state index is 11.7. The van der Waals surface area contributed by atoms with E-state index in [-0.39, 0.29) is 18.4 Å². The summed E-state index contributed by atoms with van der Waals surface area (Å²) in [5.74, 6) is 0.479. The molecular formula is C13H15N5O2. The van der Waals surface area contributed by atoms with Crippen molar-refractivity contribution in [1.29, 1.82) is 0 Å². The Hall–Kier alpha value is -2.70. The third-order valence-corrected chi connectivity index (χ3v) is 2.58. The fourth-order valence-corrected chi connectivity index (χ4v) is 1.62. The summed E-state index contributed by atoms with van der Waals surface area (Å²) in [4.78, 5) is 27.0. The predicted molar refractivity (Wildman–Crippen MR) is 73.3 cm³/mol. The highest BCUT2D eigenvalue weighted by Crippen LogP contribution is 2.10. The molecule has 0 bridgehead atoms. The van der Waals surface area contributed by atoms with Gasteiger partial charge < -0.3 is 10.6 Å². The molecule has 0 atom stereocenters. The summed E-state index contributed by atoms with van der Waals surface area (Å²) in [5, 5.41) is 9.33. The SMILES string of the molecule is CC(=O)c1cccc(NC(=O)NCc2ncn(C)n2)c1. The number of Topliss-reactive ketones (excluding diaryl/α,β-unsaturated/α-hetero) is 1. The number of hydrogen-bond acceptors (Lipinski definition) is 4. The first-order valence-electron chi connectivity index (χ1n) is 6.05. The maximum Gasteiger partial charge on any atom is 0.319 e. The summed E-state index contributed by atoms with van der Waals surface area (Å²) >= 11 is 0. The minimum Gasteiger partial charge on any atom is -0.330 e. The fraction of sp³-hybridized carbons (Fsp3) is 0.231. The Bertz CT molecular complexity index is 635. The predicted octanol–water partition coefficient (Wildman–Crippen LogP) is 1.34. The highest BCUT2D eigenvalue weighted by atomic mass is 16.2. The second-order valence-electron chi connectivity index (χ2n) is 4.28. The number of urea groups is 1. The van der Waals surface area contributed by atoms with Gasteiger partial charge in [0.05, 0.1) is 6.54 Å². The second-order valence-corrected chi connectivity index (χ2v) is 4.28. The van der Waals surface area contributed by atoms with Gasteiger partial charge in [-0.1, -0.05) is 12.1 Å². The Balaban J connectivity index is 1.91. The van der Waals surface area contributed by atoms with E-state index in [0.29, 0.717) is 17.1 Å². The normalized spacial score (nSPS) is 10.1. The molecule has 1 aromatic heterocycles. The smallest absolute Gasteiger partial charge is 0.319 e. The van der Waals surface area contributed by atoms with Crippen molar-refractivity contribution in [3.05, 3.63) is 42.0 Å². The van der Waals surface area contributed by atoms with Gasteiger partial charge in [-0.2, -0.15) is 5.10 Å². The first-order chi connectivity index (χ1) is 9.54. The van der Waals surface area contributed by atoms with Crippen LogP contribution in [0, 0.1) is 0 Å². The number of amides is 2. The van der Waals surface area contributed by atoms with Crippen LogP contribution in [0.4, 0.5) is 10.5 Å². The molecule has 0 aliphatic carbocycles. The highest BCUT2D eigenvalue weighted by Gasteiger charge is 2.05. The number of aryl methyl sites for hydroxylation is 1. The van der Waals surface area contributed by atoms with E-state index in [2.05, 4.69) is 20.7 Å². The van der Waals surface area contributed by atoms with Gasteiger partial charge in [0.2, 0.25) is 0 Å². The zero-order valence-electron chi connectivity index (χ0n) is 11.3. The molecular weight excluding hydrogens is 258 g/mol. The van der Waals surface area contributed by atoms with Crippen molar-refractivity contribution in [1.82, 2.24) is 20.1 Å².